The lowest BCUT2D eigenvalue weighted by Crippen LogP contribution is -2.23. The Kier molecular flexibility index (Phi) is 6.18. The molecule has 6 nitrogen and oxygen atoms in total. The number of nitrogens with zero attached hydrogens (tertiary/aromatic N) is 1. The predicted octanol–water partition coefficient (Wildman–Crippen LogP) is 5.00. The smallest absolute Gasteiger partial charge is 0.291 e. The van der Waals surface area contributed by atoms with Gasteiger partial charge in [-0.05, 0) is 60.5 Å². The van der Waals surface area contributed by atoms with E-state index < -0.39 is 0 Å². The van der Waals surface area contributed by atoms with Crippen molar-refractivity contribution in [3.63, 3.8) is 0 Å². The molecule has 1 saturated heterocycles. The molecule has 0 saturated carbocycles. The molecule has 1 aromatic heterocycles. The molecular formula is C23H21BrN2O4. The summed E-state index contributed by atoms with van der Waals surface area (Å²) < 4.78 is 12.3. The Morgan fingerprint density at radius 3 is 2.73 bits per heavy atom. The number of hydrogen-bond acceptors (Lipinski definition) is 4. The second-order valence-corrected chi connectivity index (χ2v) is 8.00. The summed E-state index contributed by atoms with van der Waals surface area (Å²) >= 11 is 3.38. The van der Waals surface area contributed by atoms with Crippen molar-refractivity contribution < 1.29 is 18.7 Å². The van der Waals surface area contributed by atoms with Crippen molar-refractivity contribution in [2.45, 2.75) is 26.0 Å². The summed E-state index contributed by atoms with van der Waals surface area (Å²) in [4.78, 5) is 26.2. The molecule has 0 spiro atoms. The van der Waals surface area contributed by atoms with Crippen LogP contribution in [0.2, 0.25) is 0 Å². The first-order chi connectivity index (χ1) is 14.6. The standard InChI is InChI=1S/C23H21BrN2O4/c24-17-6-8-19(9-7-17)29-15-20-10-11-21(30-20)23(28)25-18-4-1-3-16(13-18)14-26-12-2-5-22(26)27/h1,3-4,6-11,13H,2,5,12,14-15H2,(H,25,28). The van der Waals surface area contributed by atoms with E-state index in [1.807, 2.05) is 53.4 Å². The van der Waals surface area contributed by atoms with E-state index >= 15 is 0 Å². The number of carbonyl (C=O) groups is 2. The number of likely N-dealkylation sites (tertiary alicyclic amines) is 1. The minimum Gasteiger partial charge on any atom is -0.486 e. The van der Waals surface area contributed by atoms with Crippen molar-refractivity contribution in [2.24, 2.45) is 0 Å². The Hall–Kier alpha value is -3.06. The van der Waals surface area contributed by atoms with Crippen LogP contribution in [0.25, 0.3) is 0 Å². The van der Waals surface area contributed by atoms with Gasteiger partial charge >= 0.3 is 0 Å². The highest BCUT2D eigenvalue weighted by atomic mass is 79.9. The first-order valence-electron chi connectivity index (χ1n) is 9.72. The van der Waals surface area contributed by atoms with Gasteiger partial charge in [0, 0.05) is 29.7 Å². The molecule has 4 rings (SSSR count). The number of halogens is 1. The van der Waals surface area contributed by atoms with E-state index in [0.29, 0.717) is 30.2 Å². The summed E-state index contributed by atoms with van der Waals surface area (Å²) in [5, 5.41) is 2.85. The first kappa shape index (κ1) is 20.2. The number of benzene rings is 2. The Morgan fingerprint density at radius 1 is 1.13 bits per heavy atom. The number of amides is 2. The van der Waals surface area contributed by atoms with Gasteiger partial charge in [0.15, 0.2) is 5.76 Å². The van der Waals surface area contributed by atoms with Gasteiger partial charge < -0.3 is 19.4 Å². The summed E-state index contributed by atoms with van der Waals surface area (Å²) in [5.74, 6) is 1.33. The fraction of sp³-hybridized carbons (Fsp3) is 0.217. The van der Waals surface area contributed by atoms with Gasteiger partial charge in [-0.2, -0.15) is 0 Å². The molecule has 154 valence electrons. The van der Waals surface area contributed by atoms with Gasteiger partial charge in [0.05, 0.1) is 0 Å². The van der Waals surface area contributed by atoms with E-state index in [-0.39, 0.29) is 24.2 Å². The van der Waals surface area contributed by atoms with Crippen LogP contribution in [0.3, 0.4) is 0 Å². The lowest BCUT2D eigenvalue weighted by molar-refractivity contribution is -0.128. The van der Waals surface area contributed by atoms with Crippen LogP contribution in [0.1, 0.15) is 34.7 Å². The van der Waals surface area contributed by atoms with E-state index in [1.165, 1.54) is 0 Å². The van der Waals surface area contributed by atoms with Crippen molar-refractivity contribution in [3.05, 3.63) is 82.2 Å². The van der Waals surface area contributed by atoms with Gasteiger partial charge in [0.2, 0.25) is 5.91 Å². The van der Waals surface area contributed by atoms with Crippen molar-refractivity contribution in [2.75, 3.05) is 11.9 Å². The third-order valence-corrected chi connectivity index (χ3v) is 5.34. The maximum Gasteiger partial charge on any atom is 0.291 e. The fourth-order valence-corrected chi connectivity index (χ4v) is 3.56. The molecule has 30 heavy (non-hydrogen) atoms. The number of furan rings is 1. The highest BCUT2D eigenvalue weighted by Gasteiger charge is 2.20. The summed E-state index contributed by atoms with van der Waals surface area (Å²) in [7, 11) is 0. The Morgan fingerprint density at radius 2 is 1.97 bits per heavy atom. The second kappa shape index (κ2) is 9.17. The molecular weight excluding hydrogens is 448 g/mol. The van der Waals surface area contributed by atoms with Gasteiger partial charge in [0.25, 0.3) is 5.91 Å². The van der Waals surface area contributed by atoms with Crippen LogP contribution in [0, 0.1) is 0 Å². The lowest BCUT2D eigenvalue weighted by Gasteiger charge is -2.16. The van der Waals surface area contributed by atoms with Crippen LogP contribution in [-0.4, -0.2) is 23.3 Å². The van der Waals surface area contributed by atoms with E-state index in [1.54, 1.807) is 12.1 Å². The highest BCUT2D eigenvalue weighted by molar-refractivity contribution is 9.10. The topological polar surface area (TPSA) is 71.8 Å². The van der Waals surface area contributed by atoms with Crippen LogP contribution >= 0.6 is 15.9 Å². The zero-order valence-corrected chi connectivity index (χ0v) is 17.9. The summed E-state index contributed by atoms with van der Waals surface area (Å²) in [6.45, 7) is 1.57. The van der Waals surface area contributed by atoms with E-state index in [0.717, 1.165) is 23.0 Å². The molecule has 2 heterocycles. The summed E-state index contributed by atoms with van der Waals surface area (Å²) in [6.07, 6.45) is 1.52. The van der Waals surface area contributed by atoms with Gasteiger partial charge in [-0.15, -0.1) is 0 Å². The zero-order chi connectivity index (χ0) is 20.9. The first-order valence-corrected chi connectivity index (χ1v) is 10.5. The Balaban J connectivity index is 1.34. The van der Waals surface area contributed by atoms with Crippen molar-refractivity contribution >= 4 is 33.4 Å². The molecule has 0 radical (unpaired) electrons. The van der Waals surface area contributed by atoms with Crippen LogP contribution < -0.4 is 10.1 Å². The molecule has 0 atom stereocenters. The third kappa shape index (κ3) is 5.10. The number of ether oxygens (including phenoxy) is 1. The molecule has 2 amide bonds. The van der Waals surface area contributed by atoms with Gasteiger partial charge in [-0.3, -0.25) is 9.59 Å². The normalized spacial score (nSPS) is 13.5. The average Bonchev–Trinajstić information content (AvgIpc) is 3.37. The molecule has 1 fully saturated rings. The number of rotatable bonds is 7. The van der Waals surface area contributed by atoms with Crippen LogP contribution in [-0.2, 0) is 17.9 Å². The zero-order valence-electron chi connectivity index (χ0n) is 16.3. The quantitative estimate of drug-likeness (QED) is 0.529. The average molecular weight is 469 g/mol. The number of anilines is 1. The highest BCUT2D eigenvalue weighted by Crippen LogP contribution is 2.20. The molecule has 1 aliphatic heterocycles. The van der Waals surface area contributed by atoms with E-state index in [9.17, 15) is 9.59 Å². The minimum absolute atomic E-state index is 0.179. The van der Waals surface area contributed by atoms with Gasteiger partial charge in [-0.25, -0.2) is 0 Å². The fourth-order valence-electron chi connectivity index (χ4n) is 3.29. The van der Waals surface area contributed by atoms with Crippen LogP contribution in [0.4, 0.5) is 5.69 Å². The van der Waals surface area contributed by atoms with Crippen molar-refractivity contribution in [1.29, 1.82) is 0 Å². The van der Waals surface area contributed by atoms with Crippen LogP contribution in [0.5, 0.6) is 5.75 Å². The Bertz CT molecular complexity index is 1050. The maximum absolute atomic E-state index is 12.5. The summed E-state index contributed by atoms with van der Waals surface area (Å²) in [5.41, 5.74) is 1.64. The maximum atomic E-state index is 12.5. The molecule has 1 aliphatic rings. The monoisotopic (exact) mass is 468 g/mol. The third-order valence-electron chi connectivity index (χ3n) is 4.81. The van der Waals surface area contributed by atoms with Crippen LogP contribution in [0.15, 0.2) is 69.6 Å². The Labute approximate surface area is 183 Å². The largest absolute Gasteiger partial charge is 0.486 e. The predicted molar refractivity (Wildman–Crippen MR) is 116 cm³/mol. The molecule has 0 aliphatic carbocycles. The number of carbonyl (C=O) groups excluding carboxylic acids is 2. The van der Waals surface area contributed by atoms with Gasteiger partial charge in [0.1, 0.15) is 18.1 Å². The van der Waals surface area contributed by atoms with Gasteiger partial charge in [-0.1, -0.05) is 28.1 Å². The number of hydrogen-bond donors (Lipinski definition) is 1. The molecule has 0 bridgehead atoms. The molecule has 0 unspecified atom stereocenters. The second-order valence-electron chi connectivity index (χ2n) is 7.08. The number of nitrogens with one attached hydrogen (secondary N) is 1. The van der Waals surface area contributed by atoms with Crippen molar-refractivity contribution in [3.8, 4) is 5.75 Å². The molecule has 1 N–H and O–H groups in total. The van der Waals surface area contributed by atoms with E-state index in [4.69, 9.17) is 9.15 Å². The van der Waals surface area contributed by atoms with E-state index in [2.05, 4.69) is 21.2 Å². The molecule has 3 aromatic rings. The molecule has 2 aromatic carbocycles. The molecule has 7 heteroatoms. The van der Waals surface area contributed by atoms with Crippen molar-refractivity contribution in [1.82, 2.24) is 4.90 Å². The minimum atomic E-state index is -0.334. The SMILES string of the molecule is O=C(Nc1cccc(CN2CCCC2=O)c1)c1ccc(COc2ccc(Br)cc2)o1. The summed E-state index contributed by atoms with van der Waals surface area (Å²) in [6, 6.07) is 18.3. The lowest BCUT2D eigenvalue weighted by atomic mass is 10.2.